The van der Waals surface area contributed by atoms with Crippen molar-refractivity contribution in [2.75, 3.05) is 40.0 Å². The molecule has 0 bridgehead atoms. The maximum atomic E-state index is 5.69. The van der Waals surface area contributed by atoms with Crippen molar-refractivity contribution in [1.82, 2.24) is 10.6 Å². The molecule has 0 spiro atoms. The van der Waals surface area contributed by atoms with E-state index in [-0.39, 0.29) is 24.0 Å². The SMILES string of the molecule is CN=C(NCCOc1ccc(C)cc1)NCCC1=CCOCC1.I. The molecule has 0 saturated carbocycles. The van der Waals surface area contributed by atoms with Gasteiger partial charge in [-0.15, -0.1) is 24.0 Å². The quantitative estimate of drug-likeness (QED) is 0.223. The molecule has 1 heterocycles. The van der Waals surface area contributed by atoms with Crippen molar-refractivity contribution >= 4 is 29.9 Å². The number of guanidine groups is 1. The van der Waals surface area contributed by atoms with Crippen molar-refractivity contribution in [3.63, 3.8) is 0 Å². The van der Waals surface area contributed by atoms with Gasteiger partial charge < -0.3 is 20.1 Å². The average Bonchev–Trinajstić information content (AvgIpc) is 2.59. The van der Waals surface area contributed by atoms with E-state index < -0.39 is 0 Å². The minimum Gasteiger partial charge on any atom is -0.492 e. The van der Waals surface area contributed by atoms with E-state index in [1.165, 1.54) is 11.1 Å². The number of rotatable bonds is 7. The maximum absolute atomic E-state index is 5.69. The van der Waals surface area contributed by atoms with Crippen LogP contribution in [0.2, 0.25) is 0 Å². The summed E-state index contributed by atoms with van der Waals surface area (Å²) < 4.78 is 11.0. The standard InChI is InChI=1S/C18H27N3O2.HI/c1-15-3-5-17(6-4-15)23-14-11-21-18(19-2)20-10-7-16-8-12-22-13-9-16;/h3-6,8H,7,9-14H2,1-2H3,(H2,19,20,21);1H. The number of ether oxygens (including phenoxy) is 2. The molecular weight excluding hydrogens is 417 g/mol. The van der Waals surface area contributed by atoms with Gasteiger partial charge in [0, 0.05) is 13.6 Å². The number of halogens is 1. The fourth-order valence-electron chi connectivity index (χ4n) is 2.33. The second-order valence-corrected chi connectivity index (χ2v) is 5.52. The molecule has 5 nitrogen and oxygen atoms in total. The maximum Gasteiger partial charge on any atom is 0.191 e. The molecule has 2 rings (SSSR count). The molecule has 1 aromatic carbocycles. The summed E-state index contributed by atoms with van der Waals surface area (Å²) in [5.41, 5.74) is 2.70. The van der Waals surface area contributed by atoms with Crippen LogP contribution in [-0.2, 0) is 4.74 Å². The number of nitrogens with one attached hydrogen (secondary N) is 2. The third-order valence-electron chi connectivity index (χ3n) is 3.70. The van der Waals surface area contributed by atoms with Gasteiger partial charge in [-0.1, -0.05) is 29.3 Å². The van der Waals surface area contributed by atoms with Gasteiger partial charge in [0.05, 0.1) is 19.8 Å². The largest absolute Gasteiger partial charge is 0.492 e. The minimum atomic E-state index is 0. The number of hydrogen-bond acceptors (Lipinski definition) is 3. The first-order chi connectivity index (χ1) is 11.3. The molecule has 0 amide bonds. The van der Waals surface area contributed by atoms with Gasteiger partial charge in [0.1, 0.15) is 12.4 Å². The normalized spacial score (nSPS) is 14.4. The molecule has 0 atom stereocenters. The van der Waals surface area contributed by atoms with E-state index in [4.69, 9.17) is 9.47 Å². The zero-order chi connectivity index (χ0) is 16.3. The lowest BCUT2D eigenvalue weighted by molar-refractivity contribution is 0.153. The van der Waals surface area contributed by atoms with Crippen LogP contribution < -0.4 is 15.4 Å². The Kier molecular flexibility index (Phi) is 10.5. The summed E-state index contributed by atoms with van der Waals surface area (Å²) in [6.45, 7) is 5.85. The number of benzene rings is 1. The highest BCUT2D eigenvalue weighted by Gasteiger charge is 2.04. The van der Waals surface area contributed by atoms with Crippen LogP contribution in [0, 0.1) is 6.92 Å². The average molecular weight is 445 g/mol. The number of aliphatic imine (C=N–C) groups is 1. The first-order valence-corrected chi connectivity index (χ1v) is 8.17. The Morgan fingerprint density at radius 3 is 2.62 bits per heavy atom. The molecule has 134 valence electrons. The van der Waals surface area contributed by atoms with Gasteiger partial charge in [0.15, 0.2) is 5.96 Å². The Hall–Kier alpha value is -1.28. The Morgan fingerprint density at radius 2 is 1.96 bits per heavy atom. The van der Waals surface area contributed by atoms with Crippen LogP contribution in [0.1, 0.15) is 18.4 Å². The lowest BCUT2D eigenvalue weighted by Gasteiger charge is -2.15. The van der Waals surface area contributed by atoms with Gasteiger partial charge in [-0.3, -0.25) is 4.99 Å². The van der Waals surface area contributed by atoms with E-state index in [1.54, 1.807) is 7.05 Å². The molecule has 24 heavy (non-hydrogen) atoms. The van der Waals surface area contributed by atoms with Gasteiger partial charge in [-0.25, -0.2) is 0 Å². The molecule has 1 aliphatic heterocycles. The van der Waals surface area contributed by atoms with Gasteiger partial charge in [0.2, 0.25) is 0 Å². The molecule has 0 aromatic heterocycles. The number of hydrogen-bond donors (Lipinski definition) is 2. The molecule has 2 N–H and O–H groups in total. The Balaban J connectivity index is 0.00000288. The van der Waals surface area contributed by atoms with Crippen LogP contribution in [0.5, 0.6) is 5.75 Å². The third kappa shape index (κ3) is 8.01. The molecule has 0 saturated heterocycles. The smallest absolute Gasteiger partial charge is 0.191 e. The molecule has 0 unspecified atom stereocenters. The van der Waals surface area contributed by atoms with E-state index >= 15 is 0 Å². The summed E-state index contributed by atoms with van der Waals surface area (Å²) >= 11 is 0. The van der Waals surface area contributed by atoms with E-state index in [0.717, 1.165) is 44.3 Å². The van der Waals surface area contributed by atoms with Gasteiger partial charge in [-0.2, -0.15) is 0 Å². The summed E-state index contributed by atoms with van der Waals surface area (Å²) in [7, 11) is 1.78. The predicted octanol–water partition coefficient (Wildman–Crippen LogP) is 2.89. The van der Waals surface area contributed by atoms with Crippen molar-refractivity contribution in [2.45, 2.75) is 19.8 Å². The van der Waals surface area contributed by atoms with Crippen LogP contribution in [0.3, 0.4) is 0 Å². The zero-order valence-corrected chi connectivity index (χ0v) is 16.8. The highest BCUT2D eigenvalue weighted by molar-refractivity contribution is 14.0. The lowest BCUT2D eigenvalue weighted by atomic mass is 10.1. The minimum absolute atomic E-state index is 0. The highest BCUT2D eigenvalue weighted by atomic mass is 127. The van der Waals surface area contributed by atoms with E-state index in [1.807, 2.05) is 24.3 Å². The van der Waals surface area contributed by atoms with E-state index in [2.05, 4.69) is 28.6 Å². The molecule has 1 aliphatic rings. The summed E-state index contributed by atoms with van der Waals surface area (Å²) in [5, 5.41) is 6.58. The zero-order valence-electron chi connectivity index (χ0n) is 14.5. The van der Waals surface area contributed by atoms with Crippen molar-refractivity contribution < 1.29 is 9.47 Å². The molecule has 6 heteroatoms. The summed E-state index contributed by atoms with van der Waals surface area (Å²) in [4.78, 5) is 4.22. The van der Waals surface area contributed by atoms with Crippen LogP contribution in [0.25, 0.3) is 0 Å². The second-order valence-electron chi connectivity index (χ2n) is 5.52. The Bertz CT molecular complexity index is 530. The van der Waals surface area contributed by atoms with Crippen LogP contribution in [-0.4, -0.2) is 45.9 Å². The van der Waals surface area contributed by atoms with Crippen LogP contribution in [0.15, 0.2) is 40.9 Å². The van der Waals surface area contributed by atoms with Crippen LogP contribution in [0.4, 0.5) is 0 Å². The number of nitrogens with zero attached hydrogens (tertiary/aromatic N) is 1. The first-order valence-electron chi connectivity index (χ1n) is 8.17. The van der Waals surface area contributed by atoms with Crippen molar-refractivity contribution in [3.8, 4) is 5.75 Å². The van der Waals surface area contributed by atoms with Gasteiger partial charge in [0.25, 0.3) is 0 Å². The van der Waals surface area contributed by atoms with Gasteiger partial charge >= 0.3 is 0 Å². The van der Waals surface area contributed by atoms with Crippen molar-refractivity contribution in [1.29, 1.82) is 0 Å². The third-order valence-corrected chi connectivity index (χ3v) is 3.70. The summed E-state index contributed by atoms with van der Waals surface area (Å²) in [5.74, 6) is 1.71. The monoisotopic (exact) mass is 445 g/mol. The van der Waals surface area contributed by atoms with Crippen molar-refractivity contribution in [2.24, 2.45) is 4.99 Å². The first kappa shape index (κ1) is 20.8. The van der Waals surface area contributed by atoms with Gasteiger partial charge in [-0.05, 0) is 31.9 Å². The summed E-state index contributed by atoms with van der Waals surface area (Å²) in [6.07, 6.45) is 4.25. The highest BCUT2D eigenvalue weighted by Crippen LogP contribution is 2.11. The molecule has 1 aromatic rings. The van der Waals surface area contributed by atoms with Crippen molar-refractivity contribution in [3.05, 3.63) is 41.5 Å². The Morgan fingerprint density at radius 1 is 1.21 bits per heavy atom. The van der Waals surface area contributed by atoms with E-state index in [9.17, 15) is 0 Å². The molecule has 0 fully saturated rings. The second kappa shape index (κ2) is 12.1. The summed E-state index contributed by atoms with van der Waals surface area (Å²) in [6, 6.07) is 8.08. The van der Waals surface area contributed by atoms with Crippen LogP contribution >= 0.6 is 24.0 Å². The molecule has 0 radical (unpaired) electrons. The van der Waals surface area contributed by atoms with E-state index in [0.29, 0.717) is 13.2 Å². The fraction of sp³-hybridized carbons (Fsp3) is 0.500. The number of aryl methyl sites for hydroxylation is 1. The predicted molar refractivity (Wildman–Crippen MR) is 110 cm³/mol. The lowest BCUT2D eigenvalue weighted by Crippen LogP contribution is -2.39. The fourth-order valence-corrected chi connectivity index (χ4v) is 2.33. The molecule has 0 aliphatic carbocycles. The Labute approximate surface area is 161 Å². The molecular formula is C18H28IN3O2. The topological polar surface area (TPSA) is 54.9 Å².